The van der Waals surface area contributed by atoms with Crippen LogP contribution in [0.15, 0.2) is 0 Å². The van der Waals surface area contributed by atoms with E-state index in [1.165, 1.54) is 25.7 Å². The summed E-state index contributed by atoms with van der Waals surface area (Å²) in [5, 5.41) is 1.03. The zero-order chi connectivity index (χ0) is 11.4. The van der Waals surface area contributed by atoms with Crippen LogP contribution in [0.3, 0.4) is 0 Å². The molecule has 0 aromatic rings. The summed E-state index contributed by atoms with van der Waals surface area (Å²) in [4.78, 5) is 0. The van der Waals surface area contributed by atoms with Crippen LogP contribution in [0.1, 0.15) is 45.4 Å². The molecule has 4 heteroatoms. The maximum atomic E-state index is 11.4. The molecule has 0 aromatic heterocycles. The topological polar surface area (TPSA) is 34.1 Å². The Morgan fingerprint density at radius 1 is 1.27 bits per heavy atom. The van der Waals surface area contributed by atoms with Crippen molar-refractivity contribution >= 4 is 25.8 Å². The minimum atomic E-state index is -2.76. The summed E-state index contributed by atoms with van der Waals surface area (Å²) in [6, 6.07) is 0. The molecule has 1 rings (SSSR count). The molecule has 1 aliphatic rings. The Labute approximate surface area is 102 Å². The van der Waals surface area contributed by atoms with Crippen molar-refractivity contribution in [1.82, 2.24) is 0 Å². The van der Waals surface area contributed by atoms with Gasteiger partial charge in [0.2, 0.25) is 0 Å². The molecule has 0 heterocycles. The zero-order valence-corrected chi connectivity index (χ0v) is 11.9. The van der Waals surface area contributed by atoms with Gasteiger partial charge in [-0.3, -0.25) is 0 Å². The number of sulfone groups is 1. The third kappa shape index (κ3) is 4.06. The number of rotatable bonds is 6. The van der Waals surface area contributed by atoms with Crippen LogP contribution in [-0.2, 0) is 9.84 Å². The molecule has 1 fully saturated rings. The van der Waals surface area contributed by atoms with E-state index in [1.54, 1.807) is 6.92 Å². The number of halogens is 1. The summed E-state index contributed by atoms with van der Waals surface area (Å²) in [5.74, 6) is 0.659. The molecule has 1 saturated carbocycles. The van der Waals surface area contributed by atoms with Crippen LogP contribution in [0.2, 0.25) is 0 Å². The van der Waals surface area contributed by atoms with Gasteiger partial charge in [0.15, 0.2) is 0 Å². The standard InChI is InChI=1S/C11H21BrO2S/c1-2-15(13,14)9-5-8-11(10-12)6-3-4-7-11/h2-10H2,1H3. The van der Waals surface area contributed by atoms with Crippen LogP contribution < -0.4 is 0 Å². The summed E-state index contributed by atoms with van der Waals surface area (Å²) in [5.41, 5.74) is 0.406. The number of hydrogen-bond acceptors (Lipinski definition) is 2. The highest BCUT2D eigenvalue weighted by Gasteiger charge is 2.32. The first-order valence-corrected chi connectivity index (χ1v) is 8.74. The van der Waals surface area contributed by atoms with Gasteiger partial charge in [-0.15, -0.1) is 0 Å². The Kier molecular flexibility index (Phi) is 5.10. The van der Waals surface area contributed by atoms with Crippen molar-refractivity contribution in [1.29, 1.82) is 0 Å². The summed E-state index contributed by atoms with van der Waals surface area (Å²) < 4.78 is 22.7. The largest absolute Gasteiger partial charge is 0.229 e. The summed E-state index contributed by atoms with van der Waals surface area (Å²) >= 11 is 3.58. The number of hydrogen-bond donors (Lipinski definition) is 0. The van der Waals surface area contributed by atoms with Crippen molar-refractivity contribution in [2.75, 3.05) is 16.8 Å². The zero-order valence-electron chi connectivity index (χ0n) is 9.47. The maximum Gasteiger partial charge on any atom is 0.150 e. The Balaban J connectivity index is 2.36. The average molecular weight is 297 g/mol. The second kappa shape index (κ2) is 5.67. The molecule has 0 bridgehead atoms. The van der Waals surface area contributed by atoms with Crippen LogP contribution in [0.4, 0.5) is 0 Å². The minimum Gasteiger partial charge on any atom is -0.229 e. The monoisotopic (exact) mass is 296 g/mol. The normalized spacial score (nSPS) is 20.7. The van der Waals surface area contributed by atoms with E-state index in [-0.39, 0.29) is 5.75 Å². The van der Waals surface area contributed by atoms with Crippen LogP contribution in [0.25, 0.3) is 0 Å². The summed E-state index contributed by atoms with van der Waals surface area (Å²) in [6.45, 7) is 1.73. The fourth-order valence-electron chi connectivity index (χ4n) is 2.39. The quantitative estimate of drug-likeness (QED) is 0.706. The van der Waals surface area contributed by atoms with Gasteiger partial charge in [-0.25, -0.2) is 8.42 Å². The molecule has 15 heavy (non-hydrogen) atoms. The molecule has 90 valence electrons. The lowest BCUT2D eigenvalue weighted by Gasteiger charge is -2.26. The molecule has 0 amide bonds. The predicted octanol–water partition coefficient (Wildman–Crippen LogP) is 3.16. The highest BCUT2D eigenvalue weighted by atomic mass is 79.9. The van der Waals surface area contributed by atoms with Crippen molar-refractivity contribution in [2.24, 2.45) is 5.41 Å². The molecule has 0 spiro atoms. The van der Waals surface area contributed by atoms with E-state index in [1.807, 2.05) is 0 Å². The predicted molar refractivity (Wildman–Crippen MR) is 68.3 cm³/mol. The fourth-order valence-corrected chi connectivity index (χ4v) is 4.10. The maximum absolute atomic E-state index is 11.4. The Bertz CT molecular complexity index is 279. The summed E-state index contributed by atoms with van der Waals surface area (Å²) in [7, 11) is -2.76. The second-order valence-electron chi connectivity index (χ2n) is 4.68. The second-order valence-corrected chi connectivity index (χ2v) is 7.71. The van der Waals surface area contributed by atoms with E-state index in [0.29, 0.717) is 11.2 Å². The Morgan fingerprint density at radius 3 is 2.33 bits per heavy atom. The van der Waals surface area contributed by atoms with Crippen LogP contribution >= 0.6 is 15.9 Å². The molecule has 0 aromatic carbocycles. The first kappa shape index (κ1) is 13.5. The van der Waals surface area contributed by atoms with Crippen LogP contribution in [0.5, 0.6) is 0 Å². The van der Waals surface area contributed by atoms with Crippen LogP contribution in [0, 0.1) is 5.41 Å². The van der Waals surface area contributed by atoms with Crippen molar-refractivity contribution < 1.29 is 8.42 Å². The van der Waals surface area contributed by atoms with Gasteiger partial charge in [-0.1, -0.05) is 35.7 Å². The van der Waals surface area contributed by atoms with E-state index in [0.717, 1.165) is 18.2 Å². The van der Waals surface area contributed by atoms with Gasteiger partial charge in [0.05, 0.1) is 5.75 Å². The van der Waals surface area contributed by atoms with Gasteiger partial charge in [-0.2, -0.15) is 0 Å². The Morgan fingerprint density at radius 2 is 1.87 bits per heavy atom. The highest BCUT2D eigenvalue weighted by Crippen LogP contribution is 2.43. The lowest BCUT2D eigenvalue weighted by molar-refractivity contribution is 0.316. The van der Waals surface area contributed by atoms with Crippen molar-refractivity contribution in [3.05, 3.63) is 0 Å². The lowest BCUT2D eigenvalue weighted by atomic mass is 9.84. The van der Waals surface area contributed by atoms with E-state index < -0.39 is 9.84 Å². The molecular weight excluding hydrogens is 276 g/mol. The Hall–Kier alpha value is 0.430. The third-order valence-electron chi connectivity index (χ3n) is 3.55. The molecule has 1 aliphatic carbocycles. The fraction of sp³-hybridized carbons (Fsp3) is 1.00. The summed E-state index contributed by atoms with van der Waals surface area (Å²) in [6.07, 6.45) is 7.06. The van der Waals surface area contributed by atoms with Crippen molar-refractivity contribution in [3.63, 3.8) is 0 Å². The average Bonchev–Trinajstić information content (AvgIpc) is 2.67. The number of alkyl halides is 1. The van der Waals surface area contributed by atoms with E-state index >= 15 is 0 Å². The smallest absolute Gasteiger partial charge is 0.150 e. The first-order valence-electron chi connectivity index (χ1n) is 5.80. The highest BCUT2D eigenvalue weighted by molar-refractivity contribution is 9.09. The molecule has 0 unspecified atom stereocenters. The van der Waals surface area contributed by atoms with Crippen LogP contribution in [-0.4, -0.2) is 25.3 Å². The van der Waals surface area contributed by atoms with Gasteiger partial charge in [0, 0.05) is 11.1 Å². The third-order valence-corrected chi connectivity index (χ3v) is 6.53. The molecule has 0 saturated heterocycles. The molecule has 0 aliphatic heterocycles. The minimum absolute atomic E-state index is 0.286. The van der Waals surface area contributed by atoms with Crippen molar-refractivity contribution in [3.8, 4) is 0 Å². The van der Waals surface area contributed by atoms with E-state index in [4.69, 9.17) is 0 Å². The lowest BCUT2D eigenvalue weighted by Crippen LogP contribution is -2.20. The molecular formula is C11H21BrO2S. The van der Waals surface area contributed by atoms with E-state index in [2.05, 4.69) is 15.9 Å². The van der Waals surface area contributed by atoms with E-state index in [9.17, 15) is 8.42 Å². The van der Waals surface area contributed by atoms with Gasteiger partial charge >= 0.3 is 0 Å². The van der Waals surface area contributed by atoms with Gasteiger partial charge < -0.3 is 0 Å². The van der Waals surface area contributed by atoms with Gasteiger partial charge in [0.1, 0.15) is 9.84 Å². The van der Waals surface area contributed by atoms with Crippen molar-refractivity contribution in [2.45, 2.75) is 45.4 Å². The molecule has 2 nitrogen and oxygen atoms in total. The molecule has 0 radical (unpaired) electrons. The van der Waals surface area contributed by atoms with Gasteiger partial charge in [0.25, 0.3) is 0 Å². The SMILES string of the molecule is CCS(=O)(=O)CCCC1(CBr)CCCC1. The molecule has 0 atom stereocenters. The first-order chi connectivity index (χ1) is 7.04. The molecule has 0 N–H and O–H groups in total. The van der Waals surface area contributed by atoms with Gasteiger partial charge in [-0.05, 0) is 31.1 Å².